The zero-order valence-electron chi connectivity index (χ0n) is 13.1. The van der Waals surface area contributed by atoms with Gasteiger partial charge in [-0.1, -0.05) is 66.7 Å². The second kappa shape index (κ2) is 6.17. The number of hydrogen-bond acceptors (Lipinski definition) is 2. The quantitative estimate of drug-likeness (QED) is 0.739. The first kappa shape index (κ1) is 15.0. The highest BCUT2D eigenvalue weighted by atomic mass is 32.2. The lowest BCUT2D eigenvalue weighted by Crippen LogP contribution is -2.33. The van der Waals surface area contributed by atoms with Crippen LogP contribution in [0.25, 0.3) is 0 Å². The molecular formula is C21H17NOS. The van der Waals surface area contributed by atoms with E-state index in [1.165, 1.54) is 0 Å². The summed E-state index contributed by atoms with van der Waals surface area (Å²) in [6.07, 6.45) is 0.663. The fraction of sp³-hybridized carbons (Fsp3) is 0.0952. The Kier molecular flexibility index (Phi) is 3.87. The van der Waals surface area contributed by atoms with E-state index in [9.17, 15) is 4.79 Å². The predicted octanol–water partition coefficient (Wildman–Crippen LogP) is 4.87. The summed E-state index contributed by atoms with van der Waals surface area (Å²) in [5.74, 6) is 0.0569. The van der Waals surface area contributed by atoms with Crippen molar-refractivity contribution in [3.8, 4) is 0 Å². The van der Waals surface area contributed by atoms with Crippen LogP contribution in [0.15, 0.2) is 89.8 Å². The standard InChI is InChI=1S/C21H17NOS/c23-20-21(15-16-9-3-1-4-10-16,24-17-11-5-2-6-12-17)18-13-7-8-14-19(18)22-20/h1-14H,15H2,(H,22,23)/t21-/m1/s1. The third kappa shape index (κ3) is 2.61. The minimum atomic E-state index is -0.640. The van der Waals surface area contributed by atoms with E-state index >= 15 is 0 Å². The SMILES string of the molecule is O=C1Nc2ccccc2[C@@]1(Cc1ccccc1)Sc1ccccc1. The third-order valence-corrected chi connectivity index (χ3v) is 5.71. The molecule has 1 atom stereocenters. The number of benzene rings is 3. The summed E-state index contributed by atoms with van der Waals surface area (Å²) in [6, 6.07) is 28.4. The Bertz CT molecular complexity index is 820. The maximum absolute atomic E-state index is 13.0. The van der Waals surface area contributed by atoms with Gasteiger partial charge >= 0.3 is 0 Å². The van der Waals surface area contributed by atoms with Crippen LogP contribution in [-0.2, 0) is 16.0 Å². The number of carbonyl (C=O) groups excluding carboxylic acids is 1. The number of rotatable bonds is 4. The van der Waals surface area contributed by atoms with Gasteiger partial charge in [0.2, 0.25) is 5.91 Å². The van der Waals surface area contributed by atoms with Crippen LogP contribution >= 0.6 is 11.8 Å². The number of nitrogens with one attached hydrogen (secondary N) is 1. The molecule has 3 heteroatoms. The number of anilines is 1. The Morgan fingerprint density at radius 3 is 2.17 bits per heavy atom. The van der Waals surface area contributed by atoms with Gasteiger partial charge in [-0.3, -0.25) is 4.79 Å². The topological polar surface area (TPSA) is 29.1 Å². The summed E-state index contributed by atoms with van der Waals surface area (Å²) in [7, 11) is 0. The average Bonchev–Trinajstić information content (AvgIpc) is 2.89. The molecule has 0 fully saturated rings. The monoisotopic (exact) mass is 331 g/mol. The third-order valence-electron chi connectivity index (χ3n) is 4.31. The zero-order chi connectivity index (χ0) is 16.4. The Hall–Kier alpha value is -2.52. The molecule has 0 unspecified atom stereocenters. The molecule has 0 saturated heterocycles. The highest BCUT2D eigenvalue weighted by molar-refractivity contribution is 8.01. The van der Waals surface area contributed by atoms with Gasteiger partial charge < -0.3 is 5.32 Å². The van der Waals surface area contributed by atoms with E-state index in [2.05, 4.69) is 35.6 Å². The molecule has 24 heavy (non-hydrogen) atoms. The van der Waals surface area contributed by atoms with Crippen LogP contribution in [0.5, 0.6) is 0 Å². The largest absolute Gasteiger partial charge is 0.324 e. The summed E-state index contributed by atoms with van der Waals surface area (Å²) in [4.78, 5) is 14.1. The van der Waals surface area contributed by atoms with Gasteiger partial charge in [0.15, 0.2) is 0 Å². The first-order valence-corrected chi connectivity index (χ1v) is 8.78. The molecule has 0 aliphatic carbocycles. The molecule has 1 N–H and O–H groups in total. The Balaban J connectivity index is 1.82. The zero-order valence-corrected chi connectivity index (χ0v) is 13.9. The summed E-state index contributed by atoms with van der Waals surface area (Å²) < 4.78 is -0.640. The molecule has 118 valence electrons. The predicted molar refractivity (Wildman–Crippen MR) is 99.2 cm³/mol. The van der Waals surface area contributed by atoms with E-state index in [1.54, 1.807) is 11.8 Å². The normalized spacial score (nSPS) is 18.9. The molecule has 0 saturated carbocycles. The fourth-order valence-corrected chi connectivity index (χ4v) is 4.54. The van der Waals surface area contributed by atoms with Gasteiger partial charge in [0.05, 0.1) is 0 Å². The van der Waals surface area contributed by atoms with Gasteiger partial charge in [0.1, 0.15) is 4.75 Å². The lowest BCUT2D eigenvalue weighted by Gasteiger charge is -2.27. The first-order chi connectivity index (χ1) is 11.8. The molecule has 0 aromatic heterocycles. The Morgan fingerprint density at radius 2 is 1.42 bits per heavy atom. The highest BCUT2D eigenvalue weighted by Gasteiger charge is 2.47. The van der Waals surface area contributed by atoms with Gasteiger partial charge in [-0.25, -0.2) is 0 Å². The van der Waals surface area contributed by atoms with Crippen molar-refractivity contribution < 1.29 is 4.79 Å². The number of amides is 1. The van der Waals surface area contributed by atoms with Crippen LogP contribution in [0.3, 0.4) is 0 Å². The number of fused-ring (bicyclic) bond motifs is 1. The molecule has 2 nitrogen and oxygen atoms in total. The molecule has 1 aliphatic rings. The van der Waals surface area contributed by atoms with Crippen molar-refractivity contribution in [1.82, 2.24) is 0 Å². The lowest BCUT2D eigenvalue weighted by molar-refractivity contribution is -0.118. The van der Waals surface area contributed by atoms with E-state index in [-0.39, 0.29) is 5.91 Å². The van der Waals surface area contributed by atoms with E-state index in [0.717, 1.165) is 21.7 Å². The van der Waals surface area contributed by atoms with Crippen LogP contribution in [0.1, 0.15) is 11.1 Å². The minimum absolute atomic E-state index is 0.0569. The molecule has 3 aromatic carbocycles. The molecular weight excluding hydrogens is 314 g/mol. The second-order valence-electron chi connectivity index (χ2n) is 5.90. The Morgan fingerprint density at radius 1 is 0.792 bits per heavy atom. The highest BCUT2D eigenvalue weighted by Crippen LogP contribution is 2.50. The second-order valence-corrected chi connectivity index (χ2v) is 7.28. The molecule has 0 bridgehead atoms. The van der Waals surface area contributed by atoms with Crippen molar-refractivity contribution in [2.45, 2.75) is 16.1 Å². The van der Waals surface area contributed by atoms with Crippen molar-refractivity contribution >= 4 is 23.4 Å². The fourth-order valence-electron chi connectivity index (χ4n) is 3.18. The molecule has 1 aliphatic heterocycles. The number of hydrogen-bond donors (Lipinski definition) is 1. The van der Waals surface area contributed by atoms with E-state index in [4.69, 9.17) is 0 Å². The number of para-hydroxylation sites is 1. The van der Waals surface area contributed by atoms with Gasteiger partial charge in [-0.2, -0.15) is 0 Å². The van der Waals surface area contributed by atoms with Crippen molar-refractivity contribution in [2.75, 3.05) is 5.32 Å². The van der Waals surface area contributed by atoms with Gasteiger partial charge in [0.25, 0.3) is 0 Å². The van der Waals surface area contributed by atoms with E-state index in [0.29, 0.717) is 6.42 Å². The average molecular weight is 331 g/mol. The smallest absolute Gasteiger partial charge is 0.245 e. The van der Waals surface area contributed by atoms with Crippen LogP contribution < -0.4 is 5.32 Å². The summed E-state index contributed by atoms with van der Waals surface area (Å²) in [5.41, 5.74) is 3.14. The lowest BCUT2D eigenvalue weighted by atomic mass is 9.92. The molecule has 3 aromatic rings. The van der Waals surface area contributed by atoms with Gasteiger partial charge in [-0.05, 0) is 23.8 Å². The van der Waals surface area contributed by atoms with Crippen LogP contribution in [0.2, 0.25) is 0 Å². The molecule has 4 rings (SSSR count). The maximum atomic E-state index is 13.0. The Labute approximate surface area is 145 Å². The van der Waals surface area contributed by atoms with Crippen molar-refractivity contribution in [2.24, 2.45) is 0 Å². The molecule has 0 spiro atoms. The molecule has 1 amide bonds. The number of carbonyl (C=O) groups is 1. The summed E-state index contributed by atoms with van der Waals surface area (Å²) >= 11 is 1.63. The van der Waals surface area contributed by atoms with E-state index in [1.807, 2.05) is 54.6 Å². The molecule has 1 heterocycles. The van der Waals surface area contributed by atoms with Crippen LogP contribution in [0.4, 0.5) is 5.69 Å². The van der Waals surface area contributed by atoms with Crippen molar-refractivity contribution in [3.63, 3.8) is 0 Å². The van der Waals surface area contributed by atoms with Crippen LogP contribution in [0, 0.1) is 0 Å². The van der Waals surface area contributed by atoms with Gasteiger partial charge in [-0.15, -0.1) is 11.8 Å². The number of thioether (sulfide) groups is 1. The van der Waals surface area contributed by atoms with Crippen LogP contribution in [-0.4, -0.2) is 5.91 Å². The summed E-state index contributed by atoms with van der Waals surface area (Å²) in [6.45, 7) is 0. The van der Waals surface area contributed by atoms with E-state index < -0.39 is 4.75 Å². The van der Waals surface area contributed by atoms with Crippen molar-refractivity contribution in [3.05, 3.63) is 96.1 Å². The first-order valence-electron chi connectivity index (χ1n) is 7.97. The van der Waals surface area contributed by atoms with Crippen molar-refractivity contribution in [1.29, 1.82) is 0 Å². The minimum Gasteiger partial charge on any atom is -0.324 e. The maximum Gasteiger partial charge on any atom is 0.245 e. The summed E-state index contributed by atoms with van der Waals surface area (Å²) in [5, 5.41) is 3.07. The molecule has 0 radical (unpaired) electrons. The van der Waals surface area contributed by atoms with Gasteiger partial charge in [0, 0.05) is 22.6 Å².